The van der Waals surface area contributed by atoms with E-state index in [1.807, 2.05) is 6.92 Å². The van der Waals surface area contributed by atoms with E-state index in [0.717, 1.165) is 5.56 Å². The minimum absolute atomic E-state index is 0.00436. The fraction of sp³-hybridized carbons (Fsp3) is 0.625. The Morgan fingerprint density at radius 2 is 1.58 bits per heavy atom. The summed E-state index contributed by atoms with van der Waals surface area (Å²) >= 11 is 0. The lowest BCUT2D eigenvalue weighted by atomic mass is 10.0. The summed E-state index contributed by atoms with van der Waals surface area (Å²) in [7, 11) is -4.02. The molecule has 0 heterocycles. The molecule has 0 aliphatic rings. The lowest BCUT2D eigenvalue weighted by molar-refractivity contribution is 0.0943. The molecule has 0 aliphatic carbocycles. The van der Waals surface area contributed by atoms with Crippen LogP contribution in [-0.2, 0) is 14.3 Å². The molecule has 4 atom stereocenters. The van der Waals surface area contributed by atoms with Gasteiger partial charge in [-0.25, -0.2) is 0 Å². The summed E-state index contributed by atoms with van der Waals surface area (Å²) < 4.78 is 30.0. The second kappa shape index (κ2) is 9.22. The maximum Gasteiger partial charge on any atom is 0.297 e. The van der Waals surface area contributed by atoms with E-state index < -0.39 is 34.5 Å². The van der Waals surface area contributed by atoms with Crippen LogP contribution < -0.4 is 0 Å². The summed E-state index contributed by atoms with van der Waals surface area (Å²) in [6.45, 7) is 4.86. The molecule has 0 aliphatic heterocycles. The van der Waals surface area contributed by atoms with Gasteiger partial charge in [-0.2, -0.15) is 13.3 Å². The molecule has 0 amide bonds. The largest absolute Gasteiger partial charge is 0.393 e. The Morgan fingerprint density at radius 1 is 1.04 bits per heavy atom. The van der Waals surface area contributed by atoms with Gasteiger partial charge in [-0.15, -0.1) is 0 Å². The average Bonchev–Trinajstić information content (AvgIpc) is 2.45. The Hall–Kier alpha value is -1.35. The Bertz CT molecular complexity index is 612. The van der Waals surface area contributed by atoms with Crippen LogP contribution in [0.4, 0.5) is 0 Å². The van der Waals surface area contributed by atoms with Crippen molar-refractivity contribution >= 4 is 10.1 Å². The van der Waals surface area contributed by atoms with Crippen LogP contribution in [-0.4, -0.2) is 43.0 Å². The highest BCUT2D eigenvalue weighted by Gasteiger charge is 2.27. The number of rotatable bonds is 10. The van der Waals surface area contributed by atoms with Gasteiger partial charge in [0.25, 0.3) is 10.1 Å². The summed E-state index contributed by atoms with van der Waals surface area (Å²) in [6, 6.07) is 5.40. The van der Waals surface area contributed by atoms with Crippen molar-refractivity contribution in [2.24, 2.45) is 5.18 Å². The number of hydrogen-bond donors (Lipinski definition) is 2. The van der Waals surface area contributed by atoms with Crippen LogP contribution in [0.25, 0.3) is 0 Å². The van der Waals surface area contributed by atoms with E-state index in [1.54, 1.807) is 12.1 Å². The van der Waals surface area contributed by atoms with Gasteiger partial charge in [-0.3, -0.25) is 4.18 Å². The van der Waals surface area contributed by atoms with E-state index in [4.69, 9.17) is 4.18 Å². The normalized spacial score (nSPS) is 17.0. The van der Waals surface area contributed by atoms with E-state index in [-0.39, 0.29) is 24.2 Å². The number of aliphatic hydroxyl groups excluding tert-OH is 2. The molecule has 1 rings (SSSR count). The van der Waals surface area contributed by atoms with Crippen molar-refractivity contribution < 1.29 is 22.8 Å². The minimum Gasteiger partial charge on any atom is -0.393 e. The van der Waals surface area contributed by atoms with Gasteiger partial charge in [0.05, 0.1) is 29.2 Å². The third-order valence-corrected chi connectivity index (χ3v) is 4.85. The van der Waals surface area contributed by atoms with Crippen molar-refractivity contribution in [3.8, 4) is 0 Å². The zero-order valence-electron chi connectivity index (χ0n) is 14.1. The van der Waals surface area contributed by atoms with Gasteiger partial charge in [0.2, 0.25) is 0 Å². The smallest absolute Gasteiger partial charge is 0.297 e. The summed E-state index contributed by atoms with van der Waals surface area (Å²) in [4.78, 5) is 10.9. The first-order chi connectivity index (χ1) is 11.1. The number of aryl methyl sites for hydroxylation is 1. The van der Waals surface area contributed by atoms with E-state index in [1.165, 1.54) is 26.0 Å². The Kier molecular flexibility index (Phi) is 7.95. The van der Waals surface area contributed by atoms with Gasteiger partial charge < -0.3 is 10.2 Å². The highest BCUT2D eigenvalue weighted by Crippen LogP contribution is 2.22. The van der Waals surface area contributed by atoms with E-state index in [9.17, 15) is 23.5 Å². The topological polar surface area (TPSA) is 113 Å². The van der Waals surface area contributed by atoms with Crippen molar-refractivity contribution in [2.75, 3.05) is 0 Å². The number of nitroso groups, excluding NO2 is 1. The Morgan fingerprint density at radius 3 is 2.04 bits per heavy atom. The van der Waals surface area contributed by atoms with Crippen molar-refractivity contribution in [2.45, 2.75) is 69.3 Å². The Balaban J connectivity index is 2.91. The molecule has 7 nitrogen and oxygen atoms in total. The standard InChI is InChI=1S/C16H25NO6S/c1-11-4-6-16(7-5-11)24(21,22)23-15(9-13(3)19)10-14(17-20)8-12(2)18/h4-7,12-15,18-19H,8-10H2,1-3H3. The summed E-state index contributed by atoms with van der Waals surface area (Å²) in [6.07, 6.45) is -2.30. The van der Waals surface area contributed by atoms with Crippen molar-refractivity contribution in [1.29, 1.82) is 0 Å². The van der Waals surface area contributed by atoms with Crippen LogP contribution >= 0.6 is 0 Å². The van der Waals surface area contributed by atoms with Crippen LogP contribution in [0.2, 0.25) is 0 Å². The first-order valence-electron chi connectivity index (χ1n) is 7.82. The second-order valence-corrected chi connectivity index (χ2v) is 7.72. The van der Waals surface area contributed by atoms with Gasteiger partial charge in [-0.1, -0.05) is 22.9 Å². The van der Waals surface area contributed by atoms with Gasteiger partial charge in [0, 0.05) is 12.8 Å². The zero-order valence-corrected chi connectivity index (χ0v) is 14.9. The van der Waals surface area contributed by atoms with Gasteiger partial charge >= 0.3 is 0 Å². The molecule has 1 aromatic carbocycles. The van der Waals surface area contributed by atoms with Crippen LogP contribution in [0.5, 0.6) is 0 Å². The molecule has 0 bridgehead atoms. The highest BCUT2D eigenvalue weighted by molar-refractivity contribution is 7.86. The molecule has 8 heteroatoms. The third-order valence-electron chi connectivity index (χ3n) is 3.47. The molecule has 136 valence electrons. The minimum atomic E-state index is -4.02. The number of hydrogen-bond acceptors (Lipinski definition) is 7. The molecule has 0 radical (unpaired) electrons. The first kappa shape index (κ1) is 20.7. The van der Waals surface area contributed by atoms with Crippen molar-refractivity contribution in [3.05, 3.63) is 34.7 Å². The molecule has 0 spiro atoms. The monoisotopic (exact) mass is 359 g/mol. The second-order valence-electron chi connectivity index (χ2n) is 6.15. The fourth-order valence-electron chi connectivity index (χ4n) is 2.37. The first-order valence-corrected chi connectivity index (χ1v) is 9.23. The summed E-state index contributed by atoms with van der Waals surface area (Å²) in [5, 5.41) is 21.9. The molecule has 1 aromatic rings. The summed E-state index contributed by atoms with van der Waals surface area (Å²) in [5.74, 6) is 0. The lowest BCUT2D eigenvalue weighted by Crippen LogP contribution is -2.28. The molecule has 2 N–H and O–H groups in total. The van der Waals surface area contributed by atoms with E-state index in [0.29, 0.717) is 0 Å². The predicted molar refractivity (Wildman–Crippen MR) is 90.0 cm³/mol. The third kappa shape index (κ3) is 7.04. The van der Waals surface area contributed by atoms with Gasteiger partial charge in [0.1, 0.15) is 0 Å². The maximum atomic E-state index is 12.4. The van der Waals surface area contributed by atoms with Crippen LogP contribution in [0.3, 0.4) is 0 Å². The van der Waals surface area contributed by atoms with Gasteiger partial charge in [-0.05, 0) is 39.3 Å². The molecule has 0 fully saturated rings. The van der Waals surface area contributed by atoms with E-state index in [2.05, 4.69) is 5.18 Å². The maximum absolute atomic E-state index is 12.4. The van der Waals surface area contributed by atoms with Gasteiger partial charge in [0.15, 0.2) is 0 Å². The molecular weight excluding hydrogens is 334 g/mol. The molecular formula is C16H25NO6S. The summed E-state index contributed by atoms with van der Waals surface area (Å²) in [5.41, 5.74) is 0.914. The lowest BCUT2D eigenvalue weighted by Gasteiger charge is -2.21. The number of aliphatic hydroxyl groups is 2. The predicted octanol–water partition coefficient (Wildman–Crippen LogP) is 2.14. The zero-order chi connectivity index (χ0) is 18.3. The van der Waals surface area contributed by atoms with Crippen LogP contribution in [0.1, 0.15) is 38.7 Å². The molecule has 24 heavy (non-hydrogen) atoms. The van der Waals surface area contributed by atoms with E-state index >= 15 is 0 Å². The SMILES string of the molecule is Cc1ccc(S(=O)(=O)OC(CC(C)O)CC(CC(C)O)N=O)cc1. The van der Waals surface area contributed by atoms with Crippen molar-refractivity contribution in [3.63, 3.8) is 0 Å². The Labute approximate surface area is 142 Å². The van der Waals surface area contributed by atoms with Crippen molar-refractivity contribution in [1.82, 2.24) is 0 Å². The molecule has 4 unspecified atom stereocenters. The highest BCUT2D eigenvalue weighted by atomic mass is 32.2. The molecule has 0 saturated carbocycles. The quantitative estimate of drug-likeness (QED) is 0.489. The number of benzene rings is 1. The molecule has 0 saturated heterocycles. The molecule has 0 aromatic heterocycles. The average molecular weight is 359 g/mol. The number of nitrogens with zero attached hydrogens (tertiary/aromatic N) is 1. The van der Waals surface area contributed by atoms with Crippen LogP contribution in [0.15, 0.2) is 34.3 Å². The van der Waals surface area contributed by atoms with Crippen LogP contribution in [0, 0.1) is 11.8 Å². The fourth-order valence-corrected chi connectivity index (χ4v) is 3.47.